The van der Waals surface area contributed by atoms with Crippen LogP contribution in [0.2, 0.25) is 0 Å². The topological polar surface area (TPSA) is 66.4 Å². The van der Waals surface area contributed by atoms with E-state index >= 15 is 0 Å². The van der Waals surface area contributed by atoms with Crippen molar-refractivity contribution in [3.05, 3.63) is 40.9 Å². The summed E-state index contributed by atoms with van der Waals surface area (Å²) in [5.41, 5.74) is 0.495. The van der Waals surface area contributed by atoms with Crippen LogP contribution in [0.3, 0.4) is 0 Å². The number of halogens is 1. The van der Waals surface area contributed by atoms with Gasteiger partial charge in [-0.1, -0.05) is 28.1 Å². The van der Waals surface area contributed by atoms with E-state index in [0.29, 0.717) is 5.69 Å². The van der Waals surface area contributed by atoms with E-state index in [9.17, 15) is 8.42 Å². The minimum Gasteiger partial charge on any atom is -0.395 e. The van der Waals surface area contributed by atoms with Crippen LogP contribution in [0.1, 0.15) is 6.92 Å². The molecular weight excluding hydrogens is 330 g/mol. The van der Waals surface area contributed by atoms with Crippen LogP contribution >= 0.6 is 15.9 Å². The molecule has 2 aromatic rings. The standard InChI is InChI=1S/C13H14BrNO3S/c1-9(8-16)19(17,18)15-13-5-3-10-6-12(14)4-2-11(10)7-13/h2-7,9,15-16H,8H2,1H3. The first-order valence-corrected chi connectivity index (χ1v) is 8.08. The van der Waals surface area contributed by atoms with E-state index in [1.165, 1.54) is 6.92 Å². The number of benzene rings is 2. The van der Waals surface area contributed by atoms with Crippen molar-refractivity contribution in [3.63, 3.8) is 0 Å². The molecule has 0 spiro atoms. The van der Waals surface area contributed by atoms with Gasteiger partial charge in [0.2, 0.25) is 10.0 Å². The second-order valence-electron chi connectivity index (χ2n) is 4.35. The van der Waals surface area contributed by atoms with Gasteiger partial charge >= 0.3 is 0 Å². The third kappa shape index (κ3) is 3.26. The molecule has 0 heterocycles. The van der Waals surface area contributed by atoms with Crippen LogP contribution in [0, 0.1) is 0 Å². The number of rotatable bonds is 4. The van der Waals surface area contributed by atoms with Gasteiger partial charge in [-0.15, -0.1) is 0 Å². The van der Waals surface area contributed by atoms with Gasteiger partial charge in [-0.25, -0.2) is 8.42 Å². The van der Waals surface area contributed by atoms with Gasteiger partial charge in [0.05, 0.1) is 6.61 Å². The molecule has 102 valence electrons. The Bertz CT molecular complexity index is 700. The number of hydrogen-bond donors (Lipinski definition) is 2. The molecular formula is C13H14BrNO3S. The van der Waals surface area contributed by atoms with Gasteiger partial charge in [0, 0.05) is 10.2 Å². The number of hydrogen-bond acceptors (Lipinski definition) is 3. The Morgan fingerprint density at radius 3 is 2.53 bits per heavy atom. The van der Waals surface area contributed by atoms with Gasteiger partial charge in [-0.2, -0.15) is 0 Å². The van der Waals surface area contributed by atoms with Crippen molar-refractivity contribution in [1.82, 2.24) is 0 Å². The first kappa shape index (κ1) is 14.3. The number of nitrogens with one attached hydrogen (secondary N) is 1. The third-order valence-corrected chi connectivity index (χ3v) is 5.07. The SMILES string of the molecule is CC(CO)S(=O)(=O)Nc1ccc2cc(Br)ccc2c1. The summed E-state index contributed by atoms with van der Waals surface area (Å²) in [5, 5.41) is 10.1. The Balaban J connectivity index is 2.35. The molecule has 19 heavy (non-hydrogen) atoms. The zero-order valence-electron chi connectivity index (χ0n) is 10.3. The highest BCUT2D eigenvalue weighted by atomic mass is 79.9. The van der Waals surface area contributed by atoms with Gasteiger partial charge in [-0.05, 0) is 42.0 Å². The zero-order valence-corrected chi connectivity index (χ0v) is 12.7. The molecule has 0 aromatic heterocycles. The summed E-state index contributed by atoms with van der Waals surface area (Å²) in [5.74, 6) is 0. The lowest BCUT2D eigenvalue weighted by atomic mass is 10.1. The molecule has 0 amide bonds. The monoisotopic (exact) mass is 343 g/mol. The van der Waals surface area contributed by atoms with Crippen molar-refractivity contribution in [2.75, 3.05) is 11.3 Å². The quantitative estimate of drug-likeness (QED) is 0.896. The fourth-order valence-corrected chi connectivity index (χ4v) is 2.87. The molecule has 0 radical (unpaired) electrons. The average Bonchev–Trinajstić information content (AvgIpc) is 2.37. The second-order valence-corrected chi connectivity index (χ2v) is 7.36. The fourth-order valence-electron chi connectivity index (χ4n) is 1.64. The summed E-state index contributed by atoms with van der Waals surface area (Å²) >= 11 is 3.39. The van der Waals surface area contributed by atoms with Gasteiger partial charge in [0.15, 0.2) is 0 Å². The number of fused-ring (bicyclic) bond motifs is 1. The molecule has 2 aromatic carbocycles. The third-order valence-electron chi connectivity index (χ3n) is 2.85. The van der Waals surface area contributed by atoms with E-state index < -0.39 is 21.9 Å². The largest absolute Gasteiger partial charge is 0.395 e. The zero-order chi connectivity index (χ0) is 14.0. The summed E-state index contributed by atoms with van der Waals surface area (Å²) in [6.45, 7) is 1.05. The molecule has 1 atom stereocenters. The van der Waals surface area contributed by atoms with Crippen LogP contribution in [0.15, 0.2) is 40.9 Å². The molecule has 0 aliphatic heterocycles. The summed E-state index contributed by atoms with van der Waals surface area (Å²) in [6, 6.07) is 11.1. The van der Waals surface area contributed by atoms with E-state index in [2.05, 4.69) is 20.7 Å². The number of sulfonamides is 1. The van der Waals surface area contributed by atoms with E-state index in [4.69, 9.17) is 5.11 Å². The Morgan fingerprint density at radius 1 is 1.21 bits per heavy atom. The van der Waals surface area contributed by atoms with Gasteiger partial charge < -0.3 is 5.11 Å². The lowest BCUT2D eigenvalue weighted by Gasteiger charge is -2.13. The maximum Gasteiger partial charge on any atom is 0.237 e. The van der Waals surface area contributed by atoms with E-state index in [0.717, 1.165) is 15.2 Å². The van der Waals surface area contributed by atoms with Crippen molar-refractivity contribution < 1.29 is 13.5 Å². The molecule has 0 aliphatic carbocycles. The van der Waals surface area contributed by atoms with E-state index in [1.807, 2.05) is 24.3 Å². The molecule has 0 aliphatic rings. The van der Waals surface area contributed by atoms with Crippen molar-refractivity contribution in [2.24, 2.45) is 0 Å². The van der Waals surface area contributed by atoms with Crippen molar-refractivity contribution in [2.45, 2.75) is 12.2 Å². The number of anilines is 1. The van der Waals surface area contributed by atoms with Crippen LogP contribution < -0.4 is 4.72 Å². The summed E-state index contributed by atoms with van der Waals surface area (Å²) in [7, 11) is -3.55. The van der Waals surface area contributed by atoms with Crippen LogP contribution in [-0.4, -0.2) is 25.4 Å². The maximum atomic E-state index is 11.8. The molecule has 2 rings (SSSR count). The summed E-state index contributed by atoms with van der Waals surface area (Å²) in [6.07, 6.45) is 0. The Kier molecular flexibility index (Phi) is 4.13. The highest BCUT2D eigenvalue weighted by Gasteiger charge is 2.19. The minimum atomic E-state index is -3.55. The van der Waals surface area contributed by atoms with Gasteiger partial charge in [-0.3, -0.25) is 4.72 Å². The first-order valence-electron chi connectivity index (χ1n) is 5.74. The Morgan fingerprint density at radius 2 is 1.84 bits per heavy atom. The highest BCUT2D eigenvalue weighted by molar-refractivity contribution is 9.10. The fraction of sp³-hybridized carbons (Fsp3) is 0.231. The normalized spacial score (nSPS) is 13.4. The van der Waals surface area contributed by atoms with E-state index in [-0.39, 0.29) is 0 Å². The van der Waals surface area contributed by atoms with Crippen LogP contribution in [0.4, 0.5) is 5.69 Å². The van der Waals surface area contributed by atoms with Crippen molar-refractivity contribution in [1.29, 1.82) is 0 Å². The van der Waals surface area contributed by atoms with Crippen LogP contribution in [0.5, 0.6) is 0 Å². The predicted octanol–water partition coefficient (Wildman–Crippen LogP) is 2.72. The molecule has 0 saturated carbocycles. The van der Waals surface area contributed by atoms with Crippen LogP contribution in [-0.2, 0) is 10.0 Å². The molecule has 1 unspecified atom stereocenters. The second kappa shape index (κ2) is 5.48. The molecule has 0 saturated heterocycles. The van der Waals surface area contributed by atoms with Gasteiger partial charge in [0.1, 0.15) is 5.25 Å². The minimum absolute atomic E-state index is 0.407. The molecule has 6 heteroatoms. The predicted molar refractivity (Wildman–Crippen MR) is 80.7 cm³/mol. The van der Waals surface area contributed by atoms with Crippen LogP contribution in [0.25, 0.3) is 10.8 Å². The van der Waals surface area contributed by atoms with Crippen molar-refractivity contribution in [3.8, 4) is 0 Å². The molecule has 2 N–H and O–H groups in total. The maximum absolute atomic E-state index is 11.8. The smallest absolute Gasteiger partial charge is 0.237 e. The molecule has 0 fully saturated rings. The van der Waals surface area contributed by atoms with Crippen molar-refractivity contribution >= 4 is 42.4 Å². The highest BCUT2D eigenvalue weighted by Crippen LogP contribution is 2.23. The first-order chi connectivity index (χ1) is 8.92. The van der Waals surface area contributed by atoms with E-state index in [1.54, 1.807) is 12.1 Å². The Hall–Kier alpha value is -1.11. The van der Waals surface area contributed by atoms with Gasteiger partial charge in [0.25, 0.3) is 0 Å². The summed E-state index contributed by atoms with van der Waals surface area (Å²) < 4.78 is 27.1. The molecule has 0 bridgehead atoms. The lowest BCUT2D eigenvalue weighted by Crippen LogP contribution is -2.28. The Labute approximate surface area is 120 Å². The summed E-state index contributed by atoms with van der Waals surface area (Å²) in [4.78, 5) is 0. The number of aliphatic hydroxyl groups is 1. The number of aliphatic hydroxyl groups excluding tert-OH is 1. The molecule has 4 nitrogen and oxygen atoms in total. The lowest BCUT2D eigenvalue weighted by molar-refractivity contribution is 0.296. The average molecular weight is 344 g/mol.